The number of carbonyl (C=O) groups excluding carboxylic acids is 2. The number of benzene rings is 1. The molecule has 38 heavy (non-hydrogen) atoms. The maximum Gasteiger partial charge on any atom is 0.320 e. The molecule has 7 nitrogen and oxygen atoms in total. The zero-order chi connectivity index (χ0) is 26.6. The summed E-state index contributed by atoms with van der Waals surface area (Å²) >= 11 is 6.12. The van der Waals surface area contributed by atoms with E-state index in [-0.39, 0.29) is 36.1 Å². The van der Waals surface area contributed by atoms with Crippen LogP contribution in [0.1, 0.15) is 77.2 Å². The average molecular weight is 544 g/mol. The lowest BCUT2D eigenvalue weighted by molar-refractivity contribution is -0.139. The quantitative estimate of drug-likeness (QED) is 0.483. The Labute approximate surface area is 233 Å². The number of hydrogen-bond donors (Lipinski definition) is 2. The van der Waals surface area contributed by atoms with E-state index in [9.17, 15) is 9.59 Å². The summed E-state index contributed by atoms with van der Waals surface area (Å²) in [6.07, 6.45) is 10.5. The standard InChI is InChI=1S/C30H46ClN5O2/c1-3-34(4-2)30(38)36(24-8-6-5-7-9-24)27-17-25-14-15-26(18-27)35(25)29(37)28(33-23-19-32-20-23)16-21-10-12-22(31)13-11-21/h10-13,23-28,32-33H,3-9,14-20H2,1-2H3/t25?,26?,27?,28-/m1/s1. The number of rotatable bonds is 9. The van der Waals surface area contributed by atoms with Crippen molar-refractivity contribution in [3.63, 3.8) is 0 Å². The maximum atomic E-state index is 14.1. The van der Waals surface area contributed by atoms with Crippen molar-refractivity contribution in [1.82, 2.24) is 25.3 Å². The number of nitrogens with zero attached hydrogens (tertiary/aromatic N) is 3. The van der Waals surface area contributed by atoms with Crippen LogP contribution in [0.2, 0.25) is 5.02 Å². The molecule has 5 rings (SSSR count). The number of carbonyl (C=O) groups is 2. The van der Waals surface area contributed by atoms with E-state index in [2.05, 4.69) is 34.3 Å². The summed E-state index contributed by atoms with van der Waals surface area (Å²) in [7, 11) is 0. The van der Waals surface area contributed by atoms with Gasteiger partial charge in [0.2, 0.25) is 5.91 Å². The number of urea groups is 1. The van der Waals surface area contributed by atoms with Gasteiger partial charge in [-0.1, -0.05) is 43.0 Å². The molecule has 3 atom stereocenters. The molecule has 3 heterocycles. The summed E-state index contributed by atoms with van der Waals surface area (Å²) in [6.45, 7) is 7.47. The molecule has 1 aliphatic carbocycles. The SMILES string of the molecule is CCN(CC)C(=O)N(C1CCCCC1)C1CC2CCC(C1)N2C(=O)[C@@H](Cc1ccc(Cl)cc1)NC1CNC1. The third-order valence-electron chi connectivity index (χ3n) is 9.45. The van der Waals surface area contributed by atoms with E-state index >= 15 is 0 Å². The second-order valence-corrected chi connectivity index (χ2v) is 12.3. The minimum absolute atomic E-state index is 0.214. The zero-order valence-electron chi connectivity index (χ0n) is 23.2. The molecule has 210 valence electrons. The van der Waals surface area contributed by atoms with Gasteiger partial charge in [0.25, 0.3) is 0 Å². The maximum absolute atomic E-state index is 14.1. The van der Waals surface area contributed by atoms with Gasteiger partial charge in [0, 0.05) is 61.4 Å². The van der Waals surface area contributed by atoms with Gasteiger partial charge in [-0.25, -0.2) is 4.79 Å². The Balaban J connectivity index is 1.32. The van der Waals surface area contributed by atoms with E-state index in [1.54, 1.807) is 0 Å². The summed E-state index contributed by atoms with van der Waals surface area (Å²) in [6, 6.07) is 9.19. The van der Waals surface area contributed by atoms with Crippen LogP contribution < -0.4 is 10.6 Å². The zero-order valence-corrected chi connectivity index (χ0v) is 24.0. The molecule has 2 unspecified atom stereocenters. The first-order valence-corrected chi connectivity index (χ1v) is 15.5. The molecule has 4 aliphatic rings. The minimum Gasteiger partial charge on any atom is -0.335 e. The van der Waals surface area contributed by atoms with Gasteiger partial charge in [-0.2, -0.15) is 0 Å². The lowest BCUT2D eigenvalue weighted by Gasteiger charge is -2.48. The molecule has 4 fully saturated rings. The summed E-state index contributed by atoms with van der Waals surface area (Å²) in [5, 5.41) is 7.69. The van der Waals surface area contributed by atoms with Crippen molar-refractivity contribution in [3.8, 4) is 0 Å². The molecule has 3 saturated heterocycles. The molecule has 0 aromatic heterocycles. The molecule has 0 spiro atoms. The molecule has 3 aliphatic heterocycles. The van der Waals surface area contributed by atoms with E-state index in [0.717, 1.165) is 75.3 Å². The highest BCUT2D eigenvalue weighted by molar-refractivity contribution is 6.30. The smallest absolute Gasteiger partial charge is 0.320 e. The van der Waals surface area contributed by atoms with Crippen LogP contribution in [0.5, 0.6) is 0 Å². The highest BCUT2D eigenvalue weighted by Crippen LogP contribution is 2.40. The summed E-state index contributed by atoms with van der Waals surface area (Å²) in [5.41, 5.74) is 1.13. The van der Waals surface area contributed by atoms with Crippen molar-refractivity contribution in [2.45, 2.75) is 114 Å². The highest BCUT2D eigenvalue weighted by Gasteiger charge is 2.48. The lowest BCUT2D eigenvalue weighted by Crippen LogP contribution is -2.64. The van der Waals surface area contributed by atoms with Crippen molar-refractivity contribution in [1.29, 1.82) is 0 Å². The van der Waals surface area contributed by atoms with Crippen LogP contribution in [0.4, 0.5) is 4.79 Å². The van der Waals surface area contributed by atoms with Crippen LogP contribution in [-0.4, -0.2) is 89.1 Å². The average Bonchev–Trinajstić information content (AvgIpc) is 3.17. The largest absolute Gasteiger partial charge is 0.335 e. The van der Waals surface area contributed by atoms with Crippen molar-refractivity contribution < 1.29 is 9.59 Å². The van der Waals surface area contributed by atoms with E-state index in [1.807, 2.05) is 29.2 Å². The molecular weight excluding hydrogens is 498 g/mol. The Bertz CT molecular complexity index is 930. The number of fused-ring (bicyclic) bond motifs is 2. The number of hydrogen-bond acceptors (Lipinski definition) is 4. The first-order chi connectivity index (χ1) is 18.5. The molecule has 1 aromatic carbocycles. The van der Waals surface area contributed by atoms with Gasteiger partial charge in [0.05, 0.1) is 6.04 Å². The van der Waals surface area contributed by atoms with E-state index < -0.39 is 0 Å². The van der Waals surface area contributed by atoms with Crippen LogP contribution in [-0.2, 0) is 11.2 Å². The molecule has 2 N–H and O–H groups in total. The highest BCUT2D eigenvalue weighted by atomic mass is 35.5. The fraction of sp³-hybridized carbons (Fsp3) is 0.733. The number of nitrogens with one attached hydrogen (secondary N) is 2. The first kappa shape index (κ1) is 27.7. The lowest BCUT2D eigenvalue weighted by atomic mass is 9.89. The summed E-state index contributed by atoms with van der Waals surface area (Å²) < 4.78 is 0. The van der Waals surface area contributed by atoms with Crippen LogP contribution in [0.15, 0.2) is 24.3 Å². The number of amides is 3. The van der Waals surface area contributed by atoms with Crippen LogP contribution >= 0.6 is 11.6 Å². The first-order valence-electron chi connectivity index (χ1n) is 15.1. The van der Waals surface area contributed by atoms with E-state index in [0.29, 0.717) is 18.5 Å². The molecule has 3 amide bonds. The second-order valence-electron chi connectivity index (χ2n) is 11.8. The molecular formula is C30H46ClN5O2. The predicted molar refractivity (Wildman–Crippen MR) is 152 cm³/mol. The monoisotopic (exact) mass is 543 g/mol. The van der Waals surface area contributed by atoms with E-state index in [1.165, 1.54) is 19.3 Å². The van der Waals surface area contributed by atoms with Crippen molar-refractivity contribution in [2.24, 2.45) is 0 Å². The van der Waals surface area contributed by atoms with Crippen molar-refractivity contribution in [2.75, 3.05) is 26.2 Å². The number of halogens is 1. The van der Waals surface area contributed by atoms with Gasteiger partial charge in [-0.3, -0.25) is 4.79 Å². The fourth-order valence-electron chi connectivity index (χ4n) is 7.31. The third kappa shape index (κ3) is 6.00. The normalized spacial score (nSPS) is 26.6. The van der Waals surface area contributed by atoms with Gasteiger partial charge >= 0.3 is 6.03 Å². The van der Waals surface area contributed by atoms with Gasteiger partial charge < -0.3 is 25.3 Å². The molecule has 1 saturated carbocycles. The van der Waals surface area contributed by atoms with Gasteiger partial charge in [0.1, 0.15) is 0 Å². The topological polar surface area (TPSA) is 67.9 Å². The van der Waals surface area contributed by atoms with Crippen LogP contribution in [0.25, 0.3) is 0 Å². The van der Waals surface area contributed by atoms with Gasteiger partial charge in [0.15, 0.2) is 0 Å². The molecule has 1 aromatic rings. The van der Waals surface area contributed by atoms with E-state index in [4.69, 9.17) is 11.6 Å². The Morgan fingerprint density at radius 1 is 0.974 bits per heavy atom. The predicted octanol–water partition coefficient (Wildman–Crippen LogP) is 4.43. The van der Waals surface area contributed by atoms with Crippen LogP contribution in [0, 0.1) is 0 Å². The van der Waals surface area contributed by atoms with Gasteiger partial charge in [-0.15, -0.1) is 0 Å². The third-order valence-corrected chi connectivity index (χ3v) is 9.70. The Morgan fingerprint density at radius 3 is 2.16 bits per heavy atom. The molecule has 0 radical (unpaired) electrons. The summed E-state index contributed by atoms with van der Waals surface area (Å²) in [5.74, 6) is 0.233. The number of piperidine rings is 1. The summed E-state index contributed by atoms with van der Waals surface area (Å²) in [4.78, 5) is 34.4. The molecule has 8 heteroatoms. The minimum atomic E-state index is -0.241. The van der Waals surface area contributed by atoms with Crippen LogP contribution in [0.3, 0.4) is 0 Å². The Hall–Kier alpha value is -1.83. The molecule has 2 bridgehead atoms. The van der Waals surface area contributed by atoms with Gasteiger partial charge in [-0.05, 0) is 76.5 Å². The fourth-order valence-corrected chi connectivity index (χ4v) is 7.43. The Morgan fingerprint density at radius 2 is 1.61 bits per heavy atom. The van der Waals surface area contributed by atoms with Crippen molar-refractivity contribution >= 4 is 23.5 Å². The van der Waals surface area contributed by atoms with Crippen molar-refractivity contribution in [3.05, 3.63) is 34.9 Å². The Kier molecular flexibility index (Phi) is 9.17. The second kappa shape index (κ2) is 12.6.